The van der Waals surface area contributed by atoms with Crippen LogP contribution in [0, 0.1) is 10.1 Å². The van der Waals surface area contributed by atoms with Crippen molar-refractivity contribution in [3.63, 3.8) is 0 Å². The molecule has 0 aliphatic rings. The monoisotopic (exact) mass is 295 g/mol. The second-order valence-corrected chi connectivity index (χ2v) is 4.58. The molecule has 0 saturated carbocycles. The molecule has 0 aliphatic heterocycles. The van der Waals surface area contributed by atoms with Crippen molar-refractivity contribution in [1.29, 1.82) is 0 Å². The molecule has 0 unspecified atom stereocenters. The minimum atomic E-state index is -4.60. The normalized spacial score (nSPS) is 11.4. The number of nitrogens with zero attached hydrogens (tertiary/aromatic N) is 1. The molecule has 2 aromatic carbocycles. The average molecular weight is 295 g/mol. The summed E-state index contributed by atoms with van der Waals surface area (Å²) in [7, 11) is 0. The summed E-state index contributed by atoms with van der Waals surface area (Å²) in [5, 5.41) is 10.6. The first-order chi connectivity index (χ1) is 9.88. The van der Waals surface area contributed by atoms with Gasteiger partial charge in [0.15, 0.2) is 0 Å². The number of hydrogen-bond donors (Lipinski definition) is 0. The van der Waals surface area contributed by atoms with Gasteiger partial charge in [0.1, 0.15) is 0 Å². The van der Waals surface area contributed by atoms with Crippen molar-refractivity contribution in [2.75, 3.05) is 0 Å². The topological polar surface area (TPSA) is 43.1 Å². The van der Waals surface area contributed by atoms with Crippen molar-refractivity contribution in [2.45, 2.75) is 19.0 Å². The molecule has 0 radical (unpaired) electrons. The highest BCUT2D eigenvalue weighted by atomic mass is 19.4. The van der Waals surface area contributed by atoms with E-state index in [1.165, 1.54) is 6.07 Å². The van der Waals surface area contributed by atoms with Crippen molar-refractivity contribution in [3.8, 4) is 0 Å². The first-order valence-electron chi connectivity index (χ1n) is 6.26. The van der Waals surface area contributed by atoms with E-state index in [0.717, 1.165) is 11.6 Å². The number of alkyl halides is 3. The molecule has 0 spiro atoms. The standard InChI is InChI=1S/C15H12F3NO2/c16-15(17,18)14-10-13(19(20)21)9-8-12(14)7-6-11-4-2-1-3-5-11/h1-5,8-10H,6-7H2. The van der Waals surface area contributed by atoms with Crippen molar-refractivity contribution in [3.05, 3.63) is 75.3 Å². The lowest BCUT2D eigenvalue weighted by atomic mass is 9.99. The van der Waals surface area contributed by atoms with Gasteiger partial charge in [-0.2, -0.15) is 13.2 Å². The summed E-state index contributed by atoms with van der Waals surface area (Å²) >= 11 is 0. The summed E-state index contributed by atoms with van der Waals surface area (Å²) in [4.78, 5) is 9.79. The molecule has 0 bridgehead atoms. The van der Waals surface area contributed by atoms with E-state index in [4.69, 9.17) is 0 Å². The van der Waals surface area contributed by atoms with Gasteiger partial charge in [-0.1, -0.05) is 36.4 Å². The van der Waals surface area contributed by atoms with Gasteiger partial charge < -0.3 is 0 Å². The van der Waals surface area contributed by atoms with E-state index >= 15 is 0 Å². The number of nitro groups is 1. The number of benzene rings is 2. The molecular weight excluding hydrogens is 283 g/mol. The Morgan fingerprint density at radius 1 is 1.00 bits per heavy atom. The van der Waals surface area contributed by atoms with Crippen LogP contribution >= 0.6 is 0 Å². The Hall–Kier alpha value is -2.37. The van der Waals surface area contributed by atoms with Crippen LogP contribution in [0.15, 0.2) is 48.5 Å². The molecule has 6 heteroatoms. The molecule has 0 amide bonds. The summed E-state index contributed by atoms with van der Waals surface area (Å²) in [5.74, 6) is 0. The molecule has 0 aromatic heterocycles. The van der Waals surface area contributed by atoms with Gasteiger partial charge >= 0.3 is 6.18 Å². The molecule has 0 fully saturated rings. The third-order valence-corrected chi connectivity index (χ3v) is 3.14. The average Bonchev–Trinajstić information content (AvgIpc) is 2.45. The predicted octanol–water partition coefficient (Wildman–Crippen LogP) is 4.40. The number of hydrogen-bond acceptors (Lipinski definition) is 2. The quantitative estimate of drug-likeness (QED) is 0.620. The van der Waals surface area contributed by atoms with Crippen LogP contribution in [-0.4, -0.2) is 4.92 Å². The Kier molecular flexibility index (Phi) is 4.26. The van der Waals surface area contributed by atoms with Gasteiger partial charge in [0.2, 0.25) is 0 Å². The first kappa shape index (κ1) is 15.0. The molecule has 110 valence electrons. The van der Waals surface area contributed by atoms with Gasteiger partial charge in [-0.15, -0.1) is 0 Å². The highest BCUT2D eigenvalue weighted by Gasteiger charge is 2.34. The van der Waals surface area contributed by atoms with Gasteiger partial charge in [0.05, 0.1) is 10.5 Å². The summed E-state index contributed by atoms with van der Waals surface area (Å²) in [6.07, 6.45) is -3.98. The third-order valence-electron chi connectivity index (χ3n) is 3.14. The highest BCUT2D eigenvalue weighted by Crippen LogP contribution is 2.34. The van der Waals surface area contributed by atoms with E-state index in [9.17, 15) is 23.3 Å². The van der Waals surface area contributed by atoms with Crippen LogP contribution in [0.3, 0.4) is 0 Å². The maximum atomic E-state index is 13.0. The molecule has 0 aliphatic carbocycles. The fourth-order valence-corrected chi connectivity index (χ4v) is 2.08. The van der Waals surface area contributed by atoms with E-state index in [2.05, 4.69) is 0 Å². The fraction of sp³-hybridized carbons (Fsp3) is 0.200. The maximum absolute atomic E-state index is 13.0. The van der Waals surface area contributed by atoms with Gasteiger partial charge in [0, 0.05) is 12.1 Å². The van der Waals surface area contributed by atoms with Crippen LogP contribution in [0.1, 0.15) is 16.7 Å². The Labute approximate surface area is 119 Å². The van der Waals surface area contributed by atoms with Crippen LogP contribution in [0.25, 0.3) is 0 Å². The van der Waals surface area contributed by atoms with E-state index in [0.29, 0.717) is 12.5 Å². The summed E-state index contributed by atoms with van der Waals surface area (Å²) < 4.78 is 39.0. The lowest BCUT2D eigenvalue weighted by Crippen LogP contribution is -2.10. The van der Waals surface area contributed by atoms with Crippen LogP contribution in [0.4, 0.5) is 18.9 Å². The van der Waals surface area contributed by atoms with Gasteiger partial charge in [0.25, 0.3) is 5.69 Å². The van der Waals surface area contributed by atoms with Crippen LogP contribution in [0.5, 0.6) is 0 Å². The van der Waals surface area contributed by atoms with Crippen LogP contribution in [-0.2, 0) is 19.0 Å². The lowest BCUT2D eigenvalue weighted by molar-refractivity contribution is -0.385. The summed E-state index contributed by atoms with van der Waals surface area (Å²) in [6, 6.07) is 12.0. The predicted molar refractivity (Wildman–Crippen MR) is 71.9 cm³/mol. The molecule has 0 heterocycles. The van der Waals surface area contributed by atoms with E-state index < -0.39 is 22.4 Å². The molecule has 2 rings (SSSR count). The van der Waals surface area contributed by atoms with Crippen molar-refractivity contribution in [2.24, 2.45) is 0 Å². The first-order valence-corrected chi connectivity index (χ1v) is 6.26. The second kappa shape index (κ2) is 5.95. The minimum absolute atomic E-state index is 0.0666. The Morgan fingerprint density at radius 2 is 1.67 bits per heavy atom. The highest BCUT2D eigenvalue weighted by molar-refractivity contribution is 5.41. The third kappa shape index (κ3) is 3.81. The number of non-ortho nitro benzene ring substituents is 1. The van der Waals surface area contributed by atoms with E-state index in [-0.39, 0.29) is 12.0 Å². The van der Waals surface area contributed by atoms with Gasteiger partial charge in [-0.3, -0.25) is 10.1 Å². The van der Waals surface area contributed by atoms with Crippen molar-refractivity contribution < 1.29 is 18.1 Å². The zero-order valence-electron chi connectivity index (χ0n) is 10.9. The molecule has 0 atom stereocenters. The Balaban J connectivity index is 2.28. The fourth-order valence-electron chi connectivity index (χ4n) is 2.08. The Morgan fingerprint density at radius 3 is 2.24 bits per heavy atom. The SMILES string of the molecule is O=[N+]([O-])c1ccc(CCc2ccccc2)c(C(F)(F)F)c1. The number of rotatable bonds is 4. The maximum Gasteiger partial charge on any atom is 0.416 e. The zero-order valence-corrected chi connectivity index (χ0v) is 10.9. The smallest absolute Gasteiger partial charge is 0.258 e. The molecule has 2 aromatic rings. The van der Waals surface area contributed by atoms with Crippen LogP contribution < -0.4 is 0 Å². The summed E-state index contributed by atoms with van der Waals surface area (Å²) in [5.41, 5.74) is -0.501. The molecule has 21 heavy (non-hydrogen) atoms. The Bertz CT molecular complexity index is 639. The number of halogens is 3. The lowest BCUT2D eigenvalue weighted by Gasteiger charge is -2.12. The van der Waals surface area contributed by atoms with Gasteiger partial charge in [-0.05, 0) is 24.0 Å². The largest absolute Gasteiger partial charge is 0.416 e. The van der Waals surface area contributed by atoms with E-state index in [1.54, 1.807) is 0 Å². The van der Waals surface area contributed by atoms with Crippen molar-refractivity contribution in [1.82, 2.24) is 0 Å². The summed E-state index contributed by atoms with van der Waals surface area (Å²) in [6.45, 7) is 0. The minimum Gasteiger partial charge on any atom is -0.258 e. The van der Waals surface area contributed by atoms with E-state index in [1.807, 2.05) is 30.3 Å². The number of aryl methyl sites for hydroxylation is 2. The molecule has 3 nitrogen and oxygen atoms in total. The molecule has 0 saturated heterocycles. The molecular formula is C15H12F3NO2. The number of nitro benzene ring substituents is 1. The zero-order chi connectivity index (χ0) is 15.5. The van der Waals surface area contributed by atoms with Gasteiger partial charge in [-0.25, -0.2) is 0 Å². The van der Waals surface area contributed by atoms with Crippen molar-refractivity contribution >= 4 is 5.69 Å². The molecule has 0 N–H and O–H groups in total. The van der Waals surface area contributed by atoms with Crippen LogP contribution in [0.2, 0.25) is 0 Å². The second-order valence-electron chi connectivity index (χ2n) is 4.58.